The molecule has 0 aliphatic carbocycles. The van der Waals surface area contributed by atoms with E-state index in [9.17, 15) is 18.3 Å². The summed E-state index contributed by atoms with van der Waals surface area (Å²) in [5.74, 6) is -0.205. The van der Waals surface area contributed by atoms with Crippen LogP contribution in [0.15, 0.2) is 121 Å². The van der Waals surface area contributed by atoms with Gasteiger partial charge in [-0.1, -0.05) is 147 Å². The minimum Gasteiger partial charge on any atom is -0.469 e. The Balaban J connectivity index is 1.17. The third-order valence-corrected chi connectivity index (χ3v) is 12.4. The van der Waals surface area contributed by atoms with Crippen LogP contribution in [0.3, 0.4) is 0 Å². The third kappa shape index (κ3) is 15.4. The highest BCUT2D eigenvalue weighted by Crippen LogP contribution is 2.38. The van der Waals surface area contributed by atoms with Crippen molar-refractivity contribution >= 4 is 16.1 Å². The summed E-state index contributed by atoms with van der Waals surface area (Å²) in [6.45, 7) is 0.350. The van der Waals surface area contributed by atoms with Gasteiger partial charge in [0.2, 0.25) is 0 Å². The molecule has 0 radical (unpaired) electrons. The lowest BCUT2D eigenvalue weighted by Gasteiger charge is -2.50. The molecule has 0 aromatic heterocycles. The topological polar surface area (TPSA) is 173 Å². The Morgan fingerprint density at radius 2 is 1.16 bits per heavy atom. The van der Waals surface area contributed by atoms with E-state index in [-0.39, 0.29) is 39.0 Å². The zero-order valence-electron chi connectivity index (χ0n) is 38.2. The summed E-state index contributed by atoms with van der Waals surface area (Å²) in [7, 11) is -2.56. The summed E-state index contributed by atoms with van der Waals surface area (Å²) in [4.78, 5) is 11.5. The number of benzene rings is 4. The fourth-order valence-electron chi connectivity index (χ4n) is 8.34. The second kappa shape index (κ2) is 26.0. The van der Waals surface area contributed by atoms with E-state index in [0.29, 0.717) is 12.8 Å². The molecule has 4 aromatic carbocycles. The highest BCUT2D eigenvalue weighted by atomic mass is 32.2. The van der Waals surface area contributed by atoms with Gasteiger partial charge in [-0.3, -0.25) is 8.98 Å². The van der Waals surface area contributed by atoms with E-state index >= 15 is 0 Å². The molecule has 3 heterocycles. The zero-order valence-corrected chi connectivity index (χ0v) is 39.0. The molecule has 67 heavy (non-hydrogen) atoms. The Labute approximate surface area is 393 Å². The van der Waals surface area contributed by atoms with Gasteiger partial charge in [0.05, 0.1) is 46.4 Å². The number of methoxy groups -OCH3 is 1. The van der Waals surface area contributed by atoms with Gasteiger partial charge in [0.15, 0.2) is 18.9 Å². The number of esters is 1. The molecule has 11 atom stereocenters. The molecule has 3 saturated heterocycles. The molecular formula is C51H64O15S. The second-order valence-corrected chi connectivity index (χ2v) is 18.6. The average Bonchev–Trinajstić information content (AvgIpc) is 3.35. The summed E-state index contributed by atoms with van der Waals surface area (Å²) >= 11 is 0. The number of fused-ring (bicyclic) bond motifs is 1. The van der Waals surface area contributed by atoms with Crippen molar-refractivity contribution in [3.05, 3.63) is 144 Å². The lowest BCUT2D eigenvalue weighted by Crippen LogP contribution is -2.67. The molecule has 3 aliphatic rings. The molecule has 1 N–H and O–H groups in total. The number of aliphatic hydroxyl groups is 1. The predicted molar refractivity (Wildman–Crippen MR) is 244 cm³/mol. The zero-order chi connectivity index (χ0) is 46.9. The molecule has 15 nitrogen and oxygen atoms in total. The van der Waals surface area contributed by atoms with Crippen molar-refractivity contribution in [3.63, 3.8) is 0 Å². The van der Waals surface area contributed by atoms with Gasteiger partial charge < -0.3 is 52.5 Å². The van der Waals surface area contributed by atoms with E-state index in [2.05, 4.69) is 0 Å². The van der Waals surface area contributed by atoms with Gasteiger partial charge in [0.25, 0.3) is 10.1 Å². The van der Waals surface area contributed by atoms with Crippen LogP contribution in [0.4, 0.5) is 0 Å². The molecule has 1 unspecified atom stereocenters. The molecule has 0 amide bonds. The predicted octanol–water partition coefficient (Wildman–Crippen LogP) is 6.95. The van der Waals surface area contributed by atoms with Crippen LogP contribution < -0.4 is 0 Å². The first-order chi connectivity index (χ1) is 32.6. The highest BCUT2D eigenvalue weighted by Gasteiger charge is 2.55. The van der Waals surface area contributed by atoms with Crippen LogP contribution in [-0.2, 0) is 86.3 Å². The van der Waals surface area contributed by atoms with Gasteiger partial charge in [0.1, 0.15) is 48.8 Å². The Hall–Kier alpha value is -4.14. The van der Waals surface area contributed by atoms with E-state index in [1.807, 2.05) is 121 Å². The number of hydrogen-bond donors (Lipinski definition) is 1. The third-order valence-electron chi connectivity index (χ3n) is 11.9. The van der Waals surface area contributed by atoms with Gasteiger partial charge >= 0.3 is 5.97 Å². The monoisotopic (exact) mass is 948 g/mol. The first-order valence-corrected chi connectivity index (χ1v) is 24.9. The Morgan fingerprint density at radius 1 is 0.627 bits per heavy atom. The molecular weight excluding hydrogens is 885 g/mol. The summed E-state index contributed by atoms with van der Waals surface area (Å²) in [5.41, 5.74) is 3.38. The fraction of sp³-hybridized carbons (Fsp3) is 0.510. The first-order valence-electron chi connectivity index (χ1n) is 23.1. The van der Waals surface area contributed by atoms with Crippen LogP contribution in [-0.4, -0.2) is 114 Å². The van der Waals surface area contributed by atoms with Gasteiger partial charge in [-0.2, -0.15) is 8.42 Å². The van der Waals surface area contributed by atoms with Gasteiger partial charge in [-0.05, 0) is 29.5 Å². The summed E-state index contributed by atoms with van der Waals surface area (Å²) in [6, 6.07) is 38.2. The van der Waals surface area contributed by atoms with Crippen molar-refractivity contribution in [2.75, 3.05) is 33.2 Å². The maximum Gasteiger partial charge on any atom is 0.305 e. The van der Waals surface area contributed by atoms with Crippen molar-refractivity contribution in [1.82, 2.24) is 0 Å². The van der Waals surface area contributed by atoms with Crippen molar-refractivity contribution in [2.24, 2.45) is 0 Å². The molecule has 7 rings (SSSR count). The van der Waals surface area contributed by atoms with Crippen LogP contribution >= 0.6 is 0 Å². The molecule has 3 aliphatic heterocycles. The number of carbonyl (C=O) groups excluding carboxylic acids is 1. The summed E-state index contributed by atoms with van der Waals surface area (Å²) in [5, 5.41) is 12.4. The fourth-order valence-corrected chi connectivity index (χ4v) is 8.72. The minimum absolute atomic E-state index is 0.114. The highest BCUT2D eigenvalue weighted by molar-refractivity contribution is 7.85. The number of carbonyl (C=O) groups is 1. The van der Waals surface area contributed by atoms with E-state index in [1.165, 1.54) is 7.11 Å². The largest absolute Gasteiger partial charge is 0.469 e. The standard InChI is InChI=1S/C51H64O15S/c1-56-42(52)29-19-5-3-4-6-20-30-57-50-46(43(53)44-40(63-50)34-61-49(65-44)39-27-17-10-18-28-39)66-51-48(60-33-38-25-15-9-16-26-38)47(59-32-37-23-13-8-14-24-37)45(41(64-51)35-62-67(2,54)55)58-31-36-21-11-7-12-22-36/h7-18,21-28,40-41,43-51,53H,3-6,19-20,29-35H2,1-2H3/t40-,41-,43+,44-,45-,46-,47+,48-,49?,50+,51-/m1/s1. The lowest BCUT2D eigenvalue weighted by molar-refractivity contribution is -0.397. The van der Waals surface area contributed by atoms with Crippen molar-refractivity contribution < 1.29 is 69.9 Å². The van der Waals surface area contributed by atoms with Crippen LogP contribution in [0.5, 0.6) is 0 Å². The molecule has 0 saturated carbocycles. The van der Waals surface area contributed by atoms with Gasteiger partial charge in [0, 0.05) is 18.6 Å². The Bertz CT molecular complexity index is 2130. The van der Waals surface area contributed by atoms with Crippen LogP contribution in [0, 0.1) is 0 Å². The molecule has 3 fully saturated rings. The number of aliphatic hydroxyl groups excluding tert-OH is 1. The number of unbranched alkanes of at least 4 members (excludes halogenated alkanes) is 5. The molecule has 0 spiro atoms. The van der Waals surface area contributed by atoms with E-state index in [4.69, 9.17) is 51.6 Å². The molecule has 0 bridgehead atoms. The number of ether oxygens (including phenoxy) is 10. The van der Waals surface area contributed by atoms with E-state index in [0.717, 1.165) is 60.6 Å². The van der Waals surface area contributed by atoms with E-state index < -0.39 is 84.4 Å². The molecule has 364 valence electrons. The van der Waals surface area contributed by atoms with Crippen LogP contribution in [0.25, 0.3) is 0 Å². The first kappa shape index (κ1) is 50.7. The molecule has 4 aromatic rings. The smallest absolute Gasteiger partial charge is 0.305 e. The Kier molecular flexibility index (Phi) is 19.7. The van der Waals surface area contributed by atoms with Crippen molar-refractivity contribution in [2.45, 2.75) is 132 Å². The van der Waals surface area contributed by atoms with Gasteiger partial charge in [-0.25, -0.2) is 0 Å². The summed E-state index contributed by atoms with van der Waals surface area (Å²) < 4.78 is 94.7. The average molecular weight is 949 g/mol. The number of rotatable bonds is 25. The SMILES string of the molecule is COC(=O)CCCCCCCCO[C@H]1O[C@@H]2COC(c3ccccc3)O[C@H]2[C@H](O)[C@H]1O[C@H]1O[C@H](COS(C)(=O)=O)[C@@H](OCc2ccccc2)[C@H](OCc2ccccc2)[C@H]1OCc1ccccc1. The van der Waals surface area contributed by atoms with E-state index in [1.54, 1.807) is 0 Å². The van der Waals surface area contributed by atoms with Crippen LogP contribution in [0.1, 0.15) is 73.5 Å². The minimum atomic E-state index is -3.95. The van der Waals surface area contributed by atoms with Gasteiger partial charge in [-0.15, -0.1) is 0 Å². The molecule has 16 heteroatoms. The Morgan fingerprint density at radius 3 is 1.75 bits per heavy atom. The number of hydrogen-bond acceptors (Lipinski definition) is 15. The maximum atomic E-state index is 12.6. The maximum absolute atomic E-state index is 12.6. The lowest BCUT2D eigenvalue weighted by atomic mass is 9.96. The normalized spacial score (nSPS) is 27.5. The summed E-state index contributed by atoms with van der Waals surface area (Å²) in [6.07, 6.45) is -4.86. The van der Waals surface area contributed by atoms with Crippen molar-refractivity contribution in [1.29, 1.82) is 0 Å². The van der Waals surface area contributed by atoms with Crippen LogP contribution in [0.2, 0.25) is 0 Å². The van der Waals surface area contributed by atoms with Crippen molar-refractivity contribution in [3.8, 4) is 0 Å². The second-order valence-electron chi connectivity index (χ2n) is 16.9. The quantitative estimate of drug-likeness (QED) is 0.0411.